The highest BCUT2D eigenvalue weighted by Gasteiger charge is 2.55. The van der Waals surface area contributed by atoms with Gasteiger partial charge in [-0.1, -0.05) is 5.16 Å². The van der Waals surface area contributed by atoms with Gasteiger partial charge in [-0.25, -0.2) is 9.78 Å². The molecule has 218 valence electrons. The number of aromatic nitrogens is 3. The molecule has 1 saturated carbocycles. The van der Waals surface area contributed by atoms with E-state index in [1.807, 2.05) is 0 Å². The van der Waals surface area contributed by atoms with E-state index in [1.54, 1.807) is 5.38 Å². The molecule has 3 aliphatic heterocycles. The lowest BCUT2D eigenvalue weighted by atomic mass is 9.92. The number of hydrogen-bond donors (Lipinski definition) is 4. The highest BCUT2D eigenvalue weighted by Crippen LogP contribution is 2.45. The predicted octanol–water partition coefficient (Wildman–Crippen LogP) is 0.891. The van der Waals surface area contributed by atoms with E-state index in [9.17, 15) is 24.3 Å². The molecule has 3 amide bonds. The number of allylic oxidation sites excluding steroid dienone is 1. The van der Waals surface area contributed by atoms with Crippen molar-refractivity contribution in [3.63, 3.8) is 0 Å². The van der Waals surface area contributed by atoms with E-state index in [1.165, 1.54) is 30.4 Å². The van der Waals surface area contributed by atoms with Gasteiger partial charge in [0.2, 0.25) is 5.91 Å². The number of aliphatic carboxylic acids is 1. The molecule has 16 heteroatoms. The van der Waals surface area contributed by atoms with Crippen LogP contribution in [0.5, 0.6) is 0 Å². The molecule has 0 aromatic carbocycles. The van der Waals surface area contributed by atoms with Crippen molar-refractivity contribution >= 4 is 63.2 Å². The molecular weight excluding hydrogens is 584 g/mol. The van der Waals surface area contributed by atoms with Crippen molar-refractivity contribution in [3.8, 4) is 0 Å². The van der Waals surface area contributed by atoms with Crippen LogP contribution in [-0.2, 0) is 24.0 Å². The van der Waals surface area contributed by atoms with E-state index in [4.69, 9.17) is 10.6 Å². The summed E-state index contributed by atoms with van der Waals surface area (Å²) in [7, 11) is 0. The molecule has 1 aliphatic carbocycles. The number of carboxylic acids is 1. The molecule has 5 heterocycles. The molecule has 0 unspecified atom stereocenters. The van der Waals surface area contributed by atoms with Crippen LogP contribution < -0.4 is 16.4 Å². The third-order valence-electron chi connectivity index (χ3n) is 7.39. The fraction of sp³-hybridized carbons (Fsp3) is 0.385. The molecule has 2 aromatic heterocycles. The molecule has 4 aliphatic rings. The summed E-state index contributed by atoms with van der Waals surface area (Å²) in [5, 5.41) is 20.9. The molecular formula is C26H26N8O6S2. The number of thiazole rings is 1. The van der Waals surface area contributed by atoms with E-state index in [0.29, 0.717) is 35.4 Å². The van der Waals surface area contributed by atoms with Gasteiger partial charge < -0.3 is 26.3 Å². The Morgan fingerprint density at radius 2 is 2.02 bits per heavy atom. The van der Waals surface area contributed by atoms with E-state index in [0.717, 1.165) is 41.9 Å². The van der Waals surface area contributed by atoms with E-state index < -0.39 is 29.2 Å². The number of nitrogens with one attached hydrogen (secondary N) is 2. The number of rotatable bonds is 8. The minimum absolute atomic E-state index is 0.111. The number of amides is 3. The number of nitrogens with zero attached hydrogens (tertiary/aromatic N) is 5. The summed E-state index contributed by atoms with van der Waals surface area (Å²) in [5.41, 5.74) is 6.98. The number of carbonyl (C=O) groups is 4. The number of fused-ring (bicyclic) bond motifs is 1. The first-order chi connectivity index (χ1) is 20.3. The Morgan fingerprint density at radius 1 is 1.21 bits per heavy atom. The van der Waals surface area contributed by atoms with Crippen LogP contribution in [0.3, 0.4) is 0 Å². The summed E-state index contributed by atoms with van der Waals surface area (Å²) in [6.45, 7) is 0.402. The normalized spacial score (nSPS) is 23.8. The van der Waals surface area contributed by atoms with Crippen molar-refractivity contribution in [2.75, 3.05) is 18.0 Å². The zero-order valence-corrected chi connectivity index (χ0v) is 23.7. The molecule has 0 bridgehead atoms. The number of nitrogen functional groups attached to an aromatic ring is 1. The first-order valence-corrected chi connectivity index (χ1v) is 15.2. The summed E-state index contributed by atoms with van der Waals surface area (Å²) < 4.78 is 0. The Balaban J connectivity index is 1.29. The number of carboxylic acid groups (broad SMARTS) is 1. The third-order valence-corrected chi connectivity index (χ3v) is 9.34. The Kier molecular flexibility index (Phi) is 7.64. The van der Waals surface area contributed by atoms with Crippen LogP contribution in [0.15, 0.2) is 46.0 Å². The molecule has 42 heavy (non-hydrogen) atoms. The maximum absolute atomic E-state index is 13.4. The number of anilines is 1. The van der Waals surface area contributed by atoms with E-state index in [-0.39, 0.29) is 40.0 Å². The standard InChI is InChI=1S/C26H26N8O6S2/c27-26-31-16(11-42-26)18(33-40-12-3-1-2-4-12)22(36)32-19-23(37)34-20(25(38)39)14(10-41-24(19)34)17(13-5-6-30-21(13)35)15-9-28-7-8-29-15/h7-9,11-12,19,24H,1-6,10H2,(H2,27,31)(H,30,35)(H,32,36)(H,38,39)/t19-,24-/m1/s1. The van der Waals surface area contributed by atoms with Crippen molar-refractivity contribution in [2.45, 2.75) is 49.6 Å². The molecule has 3 fully saturated rings. The maximum Gasteiger partial charge on any atom is 0.352 e. The quantitative estimate of drug-likeness (QED) is 0.143. The Hall–Kier alpha value is -4.31. The van der Waals surface area contributed by atoms with Crippen molar-refractivity contribution in [2.24, 2.45) is 5.16 Å². The molecule has 5 N–H and O–H groups in total. The number of nitrogens with two attached hydrogens (primary N) is 1. The Morgan fingerprint density at radius 3 is 2.67 bits per heavy atom. The molecule has 2 atom stereocenters. The highest BCUT2D eigenvalue weighted by molar-refractivity contribution is 8.00. The maximum atomic E-state index is 13.4. The van der Waals surface area contributed by atoms with Crippen LogP contribution in [0.4, 0.5) is 5.13 Å². The monoisotopic (exact) mass is 610 g/mol. The lowest BCUT2D eigenvalue weighted by molar-refractivity contribution is -0.150. The number of carbonyl (C=O) groups excluding carboxylic acids is 3. The molecule has 0 spiro atoms. The van der Waals surface area contributed by atoms with Crippen LogP contribution in [0.1, 0.15) is 43.5 Å². The second kappa shape index (κ2) is 11.5. The molecule has 2 aromatic rings. The zero-order chi connectivity index (χ0) is 29.4. The minimum atomic E-state index is -1.33. The van der Waals surface area contributed by atoms with Gasteiger partial charge >= 0.3 is 5.97 Å². The van der Waals surface area contributed by atoms with Gasteiger partial charge in [-0.3, -0.25) is 29.3 Å². The second-order valence-electron chi connectivity index (χ2n) is 9.97. The van der Waals surface area contributed by atoms with Crippen LogP contribution >= 0.6 is 23.1 Å². The van der Waals surface area contributed by atoms with Crippen LogP contribution in [0.25, 0.3) is 5.57 Å². The summed E-state index contributed by atoms with van der Waals surface area (Å²) in [6.07, 6.45) is 8.32. The first-order valence-electron chi connectivity index (χ1n) is 13.3. The SMILES string of the molecule is Nc1nc(C(=NOC2CCCC2)C(=O)N[C@@H]2C(=O)N3C(C(=O)O)=C(C(=C4CCNC4=O)c4cnccn4)CS[C@H]23)cs1. The minimum Gasteiger partial charge on any atom is -0.477 e. The number of β-lactam (4-membered cyclic amide) rings is 1. The summed E-state index contributed by atoms with van der Waals surface area (Å²) in [4.78, 5) is 71.4. The smallest absolute Gasteiger partial charge is 0.352 e. The van der Waals surface area contributed by atoms with Crippen LogP contribution in [0, 0.1) is 0 Å². The first kappa shape index (κ1) is 27.8. The van der Waals surface area contributed by atoms with Crippen LogP contribution in [-0.4, -0.2) is 84.2 Å². The van der Waals surface area contributed by atoms with Crippen LogP contribution in [0.2, 0.25) is 0 Å². The number of hydrogen-bond acceptors (Lipinski definition) is 12. The third kappa shape index (κ3) is 5.11. The van der Waals surface area contributed by atoms with Crippen molar-refractivity contribution in [1.29, 1.82) is 0 Å². The highest BCUT2D eigenvalue weighted by atomic mass is 32.2. The largest absolute Gasteiger partial charge is 0.477 e. The fourth-order valence-electron chi connectivity index (χ4n) is 5.42. The predicted molar refractivity (Wildman–Crippen MR) is 153 cm³/mol. The van der Waals surface area contributed by atoms with Gasteiger partial charge in [0.05, 0.1) is 11.9 Å². The van der Waals surface area contributed by atoms with Gasteiger partial charge in [-0.05, 0) is 32.1 Å². The topological polar surface area (TPSA) is 202 Å². The Bertz CT molecular complexity index is 1550. The van der Waals surface area contributed by atoms with Gasteiger partial charge in [-0.2, -0.15) is 0 Å². The second-order valence-corrected chi connectivity index (χ2v) is 12.0. The van der Waals surface area contributed by atoms with Gasteiger partial charge in [0, 0.05) is 46.8 Å². The Labute approximate surface area is 247 Å². The van der Waals surface area contributed by atoms with Gasteiger partial charge in [-0.15, -0.1) is 23.1 Å². The van der Waals surface area contributed by atoms with Crippen molar-refractivity contribution < 1.29 is 29.1 Å². The number of thioether (sulfide) groups is 1. The lowest BCUT2D eigenvalue weighted by Gasteiger charge is -2.49. The lowest BCUT2D eigenvalue weighted by Crippen LogP contribution is -2.71. The van der Waals surface area contributed by atoms with Gasteiger partial charge in [0.1, 0.15) is 28.9 Å². The van der Waals surface area contributed by atoms with Crippen molar-refractivity contribution in [1.82, 2.24) is 30.5 Å². The van der Waals surface area contributed by atoms with E-state index >= 15 is 0 Å². The van der Waals surface area contributed by atoms with Crippen molar-refractivity contribution in [3.05, 3.63) is 52.2 Å². The van der Waals surface area contributed by atoms with Gasteiger partial charge in [0.15, 0.2) is 10.8 Å². The average molecular weight is 611 g/mol. The van der Waals surface area contributed by atoms with Gasteiger partial charge in [0.25, 0.3) is 11.8 Å². The number of oxime groups is 1. The molecule has 14 nitrogen and oxygen atoms in total. The van der Waals surface area contributed by atoms with E-state index in [2.05, 4.69) is 30.7 Å². The summed E-state index contributed by atoms with van der Waals surface area (Å²) in [5.74, 6) is -2.80. The molecule has 0 radical (unpaired) electrons. The molecule has 6 rings (SSSR count). The molecule has 2 saturated heterocycles. The zero-order valence-electron chi connectivity index (χ0n) is 22.1. The summed E-state index contributed by atoms with van der Waals surface area (Å²) >= 11 is 2.41. The average Bonchev–Trinajstić information content (AvgIpc) is 3.76. The summed E-state index contributed by atoms with van der Waals surface area (Å²) in [6, 6.07) is -1.02. The fourth-order valence-corrected chi connectivity index (χ4v) is 7.32.